The first-order valence-electron chi connectivity index (χ1n) is 5.69. The van der Waals surface area contributed by atoms with Gasteiger partial charge in [0.15, 0.2) is 0 Å². The van der Waals surface area contributed by atoms with Crippen LogP contribution in [-0.2, 0) is 6.54 Å². The van der Waals surface area contributed by atoms with Crippen LogP contribution in [0, 0.1) is 12.7 Å². The molecule has 2 aromatic rings. The van der Waals surface area contributed by atoms with Gasteiger partial charge in [0.25, 0.3) is 5.91 Å². The van der Waals surface area contributed by atoms with Crippen LogP contribution in [0.25, 0.3) is 11.1 Å². The second kappa shape index (κ2) is 3.91. The highest BCUT2D eigenvalue weighted by molar-refractivity contribution is 6.00. The van der Waals surface area contributed by atoms with Gasteiger partial charge in [-0.25, -0.2) is 4.39 Å². The lowest BCUT2D eigenvalue weighted by atomic mass is 9.97. The summed E-state index contributed by atoms with van der Waals surface area (Å²) in [6, 6.07) is 6.84. The number of nitrogens with one attached hydrogen (secondary N) is 1. The van der Waals surface area contributed by atoms with Crippen LogP contribution in [-0.4, -0.2) is 10.9 Å². The molecule has 0 atom stereocenters. The number of aromatic nitrogens is 1. The topological polar surface area (TPSA) is 42.0 Å². The minimum absolute atomic E-state index is 0.168. The molecule has 1 aliphatic heterocycles. The second-order valence-electron chi connectivity index (χ2n) is 4.32. The van der Waals surface area contributed by atoms with E-state index >= 15 is 0 Å². The Morgan fingerprint density at radius 3 is 2.94 bits per heavy atom. The Kier molecular flexibility index (Phi) is 2.37. The van der Waals surface area contributed by atoms with Crippen LogP contribution >= 0.6 is 0 Å². The molecule has 0 radical (unpaired) electrons. The van der Waals surface area contributed by atoms with Gasteiger partial charge in [0, 0.05) is 18.4 Å². The van der Waals surface area contributed by atoms with Gasteiger partial charge >= 0.3 is 0 Å². The van der Waals surface area contributed by atoms with Crippen molar-refractivity contribution in [1.82, 2.24) is 10.3 Å². The number of halogens is 1. The van der Waals surface area contributed by atoms with Crippen LogP contribution in [0.1, 0.15) is 21.6 Å². The van der Waals surface area contributed by atoms with E-state index < -0.39 is 5.82 Å². The molecule has 2 heterocycles. The summed E-state index contributed by atoms with van der Waals surface area (Å²) in [6.07, 6.45) is 1.71. The maximum absolute atomic E-state index is 13.6. The Labute approximate surface area is 104 Å². The number of pyridine rings is 1. The van der Waals surface area contributed by atoms with Gasteiger partial charge in [-0.1, -0.05) is 6.07 Å². The maximum atomic E-state index is 13.6. The molecule has 1 N–H and O–H groups in total. The van der Waals surface area contributed by atoms with Gasteiger partial charge in [0.05, 0.1) is 5.56 Å². The van der Waals surface area contributed by atoms with Crippen molar-refractivity contribution in [2.75, 3.05) is 0 Å². The first-order chi connectivity index (χ1) is 8.66. The molecule has 0 spiro atoms. The first kappa shape index (κ1) is 10.9. The van der Waals surface area contributed by atoms with E-state index in [1.807, 2.05) is 19.1 Å². The number of carbonyl (C=O) groups is 1. The third kappa shape index (κ3) is 1.57. The molecule has 3 rings (SSSR count). The van der Waals surface area contributed by atoms with Gasteiger partial charge in [-0.05, 0) is 41.8 Å². The summed E-state index contributed by atoms with van der Waals surface area (Å²) in [5.41, 5.74) is 3.63. The van der Waals surface area contributed by atoms with E-state index in [1.165, 1.54) is 6.07 Å². The predicted molar refractivity (Wildman–Crippen MR) is 65.5 cm³/mol. The number of rotatable bonds is 1. The van der Waals surface area contributed by atoms with E-state index in [0.29, 0.717) is 6.54 Å². The van der Waals surface area contributed by atoms with Crippen molar-refractivity contribution in [2.45, 2.75) is 13.5 Å². The molecule has 0 unspecified atom stereocenters. The Morgan fingerprint density at radius 2 is 2.17 bits per heavy atom. The van der Waals surface area contributed by atoms with Crippen LogP contribution in [0.3, 0.4) is 0 Å². The minimum atomic E-state index is -0.463. The van der Waals surface area contributed by atoms with E-state index in [2.05, 4.69) is 10.3 Å². The van der Waals surface area contributed by atoms with Crippen molar-refractivity contribution in [1.29, 1.82) is 0 Å². The van der Waals surface area contributed by atoms with E-state index in [-0.39, 0.29) is 11.5 Å². The van der Waals surface area contributed by atoms with Crippen molar-refractivity contribution in [2.24, 2.45) is 0 Å². The normalized spacial score (nSPS) is 13.3. The first-order valence-corrected chi connectivity index (χ1v) is 5.69. The van der Waals surface area contributed by atoms with E-state index in [1.54, 1.807) is 12.3 Å². The fraction of sp³-hybridized carbons (Fsp3) is 0.143. The molecule has 4 heteroatoms. The lowest BCUT2D eigenvalue weighted by Crippen LogP contribution is -2.13. The molecule has 18 heavy (non-hydrogen) atoms. The van der Waals surface area contributed by atoms with Crippen molar-refractivity contribution < 1.29 is 9.18 Å². The van der Waals surface area contributed by atoms with Gasteiger partial charge < -0.3 is 5.32 Å². The third-order valence-corrected chi connectivity index (χ3v) is 3.12. The van der Waals surface area contributed by atoms with Crippen LogP contribution in [0.2, 0.25) is 0 Å². The van der Waals surface area contributed by atoms with Gasteiger partial charge in [-0.2, -0.15) is 0 Å². The quantitative estimate of drug-likeness (QED) is 0.834. The molecule has 3 nitrogen and oxygen atoms in total. The summed E-state index contributed by atoms with van der Waals surface area (Å²) < 4.78 is 13.6. The Bertz CT molecular complexity index is 652. The van der Waals surface area contributed by atoms with Crippen LogP contribution in [0.4, 0.5) is 4.39 Å². The third-order valence-electron chi connectivity index (χ3n) is 3.12. The summed E-state index contributed by atoms with van der Waals surface area (Å²) in [6.45, 7) is 2.28. The minimum Gasteiger partial charge on any atom is -0.348 e. The van der Waals surface area contributed by atoms with Gasteiger partial charge in [0.2, 0.25) is 0 Å². The monoisotopic (exact) mass is 242 g/mol. The Morgan fingerprint density at radius 1 is 1.33 bits per heavy atom. The average molecular weight is 242 g/mol. The number of carbonyl (C=O) groups excluding carboxylic acids is 1. The predicted octanol–water partition coefficient (Wildman–Crippen LogP) is 2.44. The largest absolute Gasteiger partial charge is 0.348 e. The molecule has 1 aromatic carbocycles. The SMILES string of the molecule is Cc1cc(-c2ccc(F)c3c2CNC3=O)ccn1. The van der Waals surface area contributed by atoms with Gasteiger partial charge in [0.1, 0.15) is 5.82 Å². The number of fused-ring (bicyclic) bond motifs is 1. The molecule has 0 bridgehead atoms. The zero-order valence-corrected chi connectivity index (χ0v) is 9.83. The maximum Gasteiger partial charge on any atom is 0.254 e. The van der Waals surface area contributed by atoms with E-state index in [9.17, 15) is 9.18 Å². The molecule has 1 amide bonds. The van der Waals surface area contributed by atoms with Crippen LogP contribution < -0.4 is 5.32 Å². The number of hydrogen-bond acceptors (Lipinski definition) is 2. The molecule has 90 valence electrons. The standard InChI is InChI=1S/C14H11FN2O/c1-8-6-9(4-5-16-8)10-2-3-12(15)13-11(10)7-17-14(13)18/h2-6H,7H2,1H3,(H,17,18). The fourth-order valence-electron chi connectivity index (χ4n) is 2.29. The zero-order valence-electron chi connectivity index (χ0n) is 9.83. The van der Waals surface area contributed by atoms with Crippen LogP contribution in [0.5, 0.6) is 0 Å². The molecule has 1 aromatic heterocycles. The van der Waals surface area contributed by atoms with Gasteiger partial charge in [-0.15, -0.1) is 0 Å². The lowest BCUT2D eigenvalue weighted by molar-refractivity contribution is 0.0962. The Hall–Kier alpha value is -2.23. The van der Waals surface area contributed by atoms with E-state index in [0.717, 1.165) is 22.4 Å². The zero-order chi connectivity index (χ0) is 12.7. The second-order valence-corrected chi connectivity index (χ2v) is 4.32. The summed E-state index contributed by atoms with van der Waals surface area (Å²) in [7, 11) is 0. The fourth-order valence-corrected chi connectivity index (χ4v) is 2.29. The van der Waals surface area contributed by atoms with Crippen molar-refractivity contribution in [3.8, 4) is 11.1 Å². The van der Waals surface area contributed by atoms with E-state index in [4.69, 9.17) is 0 Å². The van der Waals surface area contributed by atoms with Crippen molar-refractivity contribution >= 4 is 5.91 Å². The number of hydrogen-bond donors (Lipinski definition) is 1. The molecule has 0 saturated heterocycles. The van der Waals surface area contributed by atoms with Crippen molar-refractivity contribution in [3.05, 3.63) is 53.1 Å². The summed E-state index contributed by atoms with van der Waals surface area (Å²) in [5, 5.41) is 2.66. The van der Waals surface area contributed by atoms with Crippen molar-refractivity contribution in [3.63, 3.8) is 0 Å². The number of benzene rings is 1. The number of aryl methyl sites for hydroxylation is 1. The smallest absolute Gasteiger partial charge is 0.254 e. The molecular weight excluding hydrogens is 231 g/mol. The molecule has 0 saturated carbocycles. The average Bonchev–Trinajstić information content (AvgIpc) is 2.73. The van der Waals surface area contributed by atoms with Gasteiger partial charge in [-0.3, -0.25) is 9.78 Å². The van der Waals surface area contributed by atoms with Crippen LogP contribution in [0.15, 0.2) is 30.5 Å². The highest BCUT2D eigenvalue weighted by atomic mass is 19.1. The number of nitrogens with zero attached hydrogens (tertiary/aromatic N) is 1. The molecular formula is C14H11FN2O. The highest BCUT2D eigenvalue weighted by Gasteiger charge is 2.26. The summed E-state index contributed by atoms with van der Waals surface area (Å²) >= 11 is 0. The summed E-state index contributed by atoms with van der Waals surface area (Å²) in [5.74, 6) is -0.801. The lowest BCUT2D eigenvalue weighted by Gasteiger charge is -2.08. The highest BCUT2D eigenvalue weighted by Crippen LogP contribution is 2.30. The summed E-state index contributed by atoms with van der Waals surface area (Å²) in [4.78, 5) is 15.7. The molecule has 0 fully saturated rings. The number of amides is 1. The Balaban J connectivity index is 2.23. The molecule has 0 aliphatic carbocycles. The molecule has 1 aliphatic rings.